The monoisotopic (exact) mass is 363 g/mol. The zero-order chi connectivity index (χ0) is 15.0. The second kappa shape index (κ2) is 9.21. The number of aliphatic hydroxyl groups excluding tert-OH is 1. The maximum Gasteiger partial charge on any atom is 0.257 e. The Kier molecular flexibility index (Phi) is 7.95. The first-order valence-corrected chi connectivity index (χ1v) is 7.65. The zero-order valence-electron chi connectivity index (χ0n) is 11.4. The van der Waals surface area contributed by atoms with E-state index < -0.39 is 0 Å². The molecule has 1 aromatic carbocycles. The molecule has 0 saturated heterocycles. The van der Waals surface area contributed by atoms with E-state index in [9.17, 15) is 4.79 Å². The topological polar surface area (TPSA) is 58.6 Å². The third-order valence-electron chi connectivity index (χ3n) is 2.76. The predicted octanol–water partition coefficient (Wildman–Crippen LogP) is 3.01. The average Bonchev–Trinajstić information content (AvgIpc) is 2.42. The van der Waals surface area contributed by atoms with Crippen LogP contribution in [0.1, 0.15) is 19.8 Å². The number of hydrogen-bond acceptors (Lipinski definition) is 3. The fraction of sp³-hybridized carbons (Fsp3) is 0.500. The number of hydrogen-bond donors (Lipinski definition) is 2. The van der Waals surface area contributed by atoms with Gasteiger partial charge in [0, 0.05) is 18.2 Å². The van der Waals surface area contributed by atoms with Gasteiger partial charge in [-0.05, 0) is 52.9 Å². The van der Waals surface area contributed by atoms with Crippen molar-refractivity contribution in [1.82, 2.24) is 5.32 Å². The Morgan fingerprint density at radius 2 is 2.30 bits per heavy atom. The fourth-order valence-electron chi connectivity index (χ4n) is 1.56. The maximum atomic E-state index is 11.6. The fourth-order valence-corrected chi connectivity index (χ4v) is 2.35. The van der Waals surface area contributed by atoms with Crippen molar-refractivity contribution in [3.05, 3.63) is 27.7 Å². The number of amides is 1. The van der Waals surface area contributed by atoms with Crippen molar-refractivity contribution in [2.24, 2.45) is 5.92 Å². The van der Waals surface area contributed by atoms with Gasteiger partial charge in [0.25, 0.3) is 5.91 Å². The number of carbonyl (C=O) groups is 1. The van der Waals surface area contributed by atoms with Crippen molar-refractivity contribution in [3.63, 3.8) is 0 Å². The van der Waals surface area contributed by atoms with Crippen molar-refractivity contribution in [2.75, 3.05) is 19.8 Å². The first kappa shape index (κ1) is 17.3. The summed E-state index contributed by atoms with van der Waals surface area (Å²) in [7, 11) is 0. The van der Waals surface area contributed by atoms with Crippen molar-refractivity contribution >= 4 is 33.4 Å². The number of carbonyl (C=O) groups excluding carboxylic acids is 1. The van der Waals surface area contributed by atoms with E-state index in [0.29, 0.717) is 17.3 Å². The van der Waals surface area contributed by atoms with E-state index >= 15 is 0 Å². The van der Waals surface area contributed by atoms with E-state index in [2.05, 4.69) is 21.2 Å². The standard InChI is InChI=1S/C14H19BrClNO3/c1-10(8-18)3-2-6-17-14(19)9-20-13-5-4-11(16)7-12(13)15/h4-5,7,10,18H,2-3,6,8-9H2,1H3,(H,17,19). The molecule has 1 amide bonds. The number of rotatable bonds is 8. The molecule has 1 atom stereocenters. The lowest BCUT2D eigenvalue weighted by Gasteiger charge is -2.10. The van der Waals surface area contributed by atoms with E-state index in [1.165, 1.54) is 0 Å². The van der Waals surface area contributed by atoms with Crippen LogP contribution in [0.4, 0.5) is 0 Å². The molecule has 0 aliphatic heterocycles. The first-order valence-electron chi connectivity index (χ1n) is 6.48. The molecule has 2 N–H and O–H groups in total. The summed E-state index contributed by atoms with van der Waals surface area (Å²) in [5.74, 6) is 0.690. The lowest BCUT2D eigenvalue weighted by molar-refractivity contribution is -0.123. The highest BCUT2D eigenvalue weighted by molar-refractivity contribution is 9.10. The lowest BCUT2D eigenvalue weighted by atomic mass is 10.1. The molecule has 6 heteroatoms. The summed E-state index contributed by atoms with van der Waals surface area (Å²) in [4.78, 5) is 11.6. The van der Waals surface area contributed by atoms with Gasteiger partial charge in [-0.25, -0.2) is 0 Å². The van der Waals surface area contributed by atoms with Gasteiger partial charge in [0.15, 0.2) is 6.61 Å². The van der Waals surface area contributed by atoms with Gasteiger partial charge in [-0.2, -0.15) is 0 Å². The number of nitrogens with one attached hydrogen (secondary N) is 1. The highest BCUT2D eigenvalue weighted by Crippen LogP contribution is 2.27. The van der Waals surface area contributed by atoms with Crippen molar-refractivity contribution in [1.29, 1.82) is 0 Å². The summed E-state index contributed by atoms with van der Waals surface area (Å²) >= 11 is 9.14. The van der Waals surface area contributed by atoms with Crippen LogP contribution >= 0.6 is 27.5 Å². The number of benzene rings is 1. The molecule has 0 aliphatic rings. The molecule has 0 aromatic heterocycles. The molecule has 1 aromatic rings. The van der Waals surface area contributed by atoms with Gasteiger partial charge in [-0.15, -0.1) is 0 Å². The van der Waals surface area contributed by atoms with Crippen LogP contribution in [0.5, 0.6) is 5.75 Å². The van der Waals surface area contributed by atoms with E-state index in [1.54, 1.807) is 18.2 Å². The van der Waals surface area contributed by atoms with Crippen LogP contribution in [0.15, 0.2) is 22.7 Å². The van der Waals surface area contributed by atoms with Gasteiger partial charge >= 0.3 is 0 Å². The van der Waals surface area contributed by atoms with Crippen molar-refractivity contribution in [3.8, 4) is 5.75 Å². The Labute approximate surface area is 132 Å². The van der Waals surface area contributed by atoms with Crippen LogP contribution in [-0.4, -0.2) is 30.8 Å². The van der Waals surface area contributed by atoms with E-state index in [1.807, 2.05) is 6.92 Å². The second-order valence-corrected chi connectivity index (χ2v) is 5.93. The van der Waals surface area contributed by atoms with Crippen molar-refractivity contribution < 1.29 is 14.6 Å². The van der Waals surface area contributed by atoms with E-state index in [4.69, 9.17) is 21.4 Å². The normalized spacial score (nSPS) is 12.0. The van der Waals surface area contributed by atoms with Gasteiger partial charge in [0.05, 0.1) is 4.47 Å². The van der Waals surface area contributed by atoms with Crippen LogP contribution < -0.4 is 10.1 Å². The molecule has 20 heavy (non-hydrogen) atoms. The van der Waals surface area contributed by atoms with Gasteiger partial charge in [-0.3, -0.25) is 4.79 Å². The summed E-state index contributed by atoms with van der Waals surface area (Å²) in [6.45, 7) is 2.72. The molecule has 0 spiro atoms. The Morgan fingerprint density at radius 3 is 2.95 bits per heavy atom. The Morgan fingerprint density at radius 1 is 1.55 bits per heavy atom. The van der Waals surface area contributed by atoms with Crippen LogP contribution in [0, 0.1) is 5.92 Å². The third kappa shape index (κ3) is 6.59. The van der Waals surface area contributed by atoms with Gasteiger partial charge in [-0.1, -0.05) is 18.5 Å². The molecule has 0 saturated carbocycles. The summed E-state index contributed by atoms with van der Waals surface area (Å²) < 4.78 is 6.11. The minimum absolute atomic E-state index is 0.0320. The SMILES string of the molecule is CC(CO)CCCNC(=O)COc1ccc(Cl)cc1Br. The smallest absolute Gasteiger partial charge is 0.257 e. The Bertz CT molecular complexity index is 442. The molecule has 0 heterocycles. The molecule has 0 fully saturated rings. The summed E-state index contributed by atoms with van der Waals surface area (Å²) in [6.07, 6.45) is 1.73. The predicted molar refractivity (Wildman–Crippen MR) is 83.1 cm³/mol. The summed E-state index contributed by atoms with van der Waals surface area (Å²) in [5.41, 5.74) is 0. The number of halogens is 2. The van der Waals surface area contributed by atoms with Crippen LogP contribution in [0.2, 0.25) is 5.02 Å². The molecule has 1 rings (SSSR count). The minimum atomic E-state index is -0.163. The lowest BCUT2D eigenvalue weighted by Crippen LogP contribution is -2.30. The first-order chi connectivity index (χ1) is 9.52. The van der Waals surface area contributed by atoms with E-state index in [0.717, 1.165) is 17.3 Å². The summed E-state index contributed by atoms with van der Waals surface area (Å²) in [6, 6.07) is 5.13. The molecule has 112 valence electrons. The highest BCUT2D eigenvalue weighted by atomic mass is 79.9. The number of ether oxygens (including phenoxy) is 1. The zero-order valence-corrected chi connectivity index (χ0v) is 13.7. The van der Waals surface area contributed by atoms with Crippen LogP contribution in [-0.2, 0) is 4.79 Å². The molecule has 0 radical (unpaired) electrons. The van der Waals surface area contributed by atoms with E-state index in [-0.39, 0.29) is 25.0 Å². The maximum absolute atomic E-state index is 11.6. The van der Waals surface area contributed by atoms with Crippen LogP contribution in [0.25, 0.3) is 0 Å². The van der Waals surface area contributed by atoms with Gasteiger partial charge in [0.1, 0.15) is 5.75 Å². The highest BCUT2D eigenvalue weighted by Gasteiger charge is 2.06. The molecular formula is C14H19BrClNO3. The van der Waals surface area contributed by atoms with Crippen molar-refractivity contribution in [2.45, 2.75) is 19.8 Å². The Hall–Kier alpha value is -0.780. The Balaban J connectivity index is 2.23. The molecule has 0 aliphatic carbocycles. The quantitative estimate of drug-likeness (QED) is 0.697. The molecule has 1 unspecified atom stereocenters. The average molecular weight is 365 g/mol. The third-order valence-corrected chi connectivity index (χ3v) is 3.62. The second-order valence-electron chi connectivity index (χ2n) is 4.64. The van der Waals surface area contributed by atoms with Gasteiger partial charge < -0.3 is 15.2 Å². The van der Waals surface area contributed by atoms with Crippen LogP contribution in [0.3, 0.4) is 0 Å². The largest absolute Gasteiger partial charge is 0.483 e. The summed E-state index contributed by atoms with van der Waals surface area (Å²) in [5, 5.41) is 12.3. The molecule has 4 nitrogen and oxygen atoms in total. The minimum Gasteiger partial charge on any atom is -0.483 e. The molecular weight excluding hydrogens is 346 g/mol. The van der Waals surface area contributed by atoms with Gasteiger partial charge in [0.2, 0.25) is 0 Å². The number of aliphatic hydroxyl groups is 1. The molecule has 0 bridgehead atoms.